The van der Waals surface area contributed by atoms with E-state index in [-0.39, 0.29) is 17.7 Å². The molecule has 4 nitrogen and oxygen atoms in total. The van der Waals surface area contributed by atoms with Crippen molar-refractivity contribution in [2.75, 3.05) is 13.7 Å². The number of hydrogen-bond donors (Lipinski definition) is 1. The number of alkyl carbamates (subject to hydrolysis) is 1. The molecule has 2 bridgehead atoms. The summed E-state index contributed by atoms with van der Waals surface area (Å²) in [5.41, 5.74) is 1.06. The van der Waals surface area contributed by atoms with Gasteiger partial charge in [-0.05, 0) is 39.0 Å². The number of rotatable bonds is 3. The van der Waals surface area contributed by atoms with Crippen LogP contribution in [0.2, 0.25) is 0 Å². The molecule has 3 aliphatic carbocycles. The molecule has 1 saturated carbocycles. The molecule has 0 radical (unpaired) electrons. The van der Waals surface area contributed by atoms with Crippen LogP contribution in [0, 0.1) is 5.92 Å². The van der Waals surface area contributed by atoms with Crippen LogP contribution in [0.25, 0.3) is 0 Å². The number of methoxy groups -OCH3 is 1. The molecule has 0 aliphatic heterocycles. The quantitative estimate of drug-likeness (QED) is 0.768. The molecule has 0 heterocycles. The Bertz CT molecular complexity index is 340. The average Bonchev–Trinajstić information content (AvgIpc) is 2.31. The van der Waals surface area contributed by atoms with E-state index in [1.165, 1.54) is 5.57 Å². The Hall–Kier alpha value is -1.03. The summed E-state index contributed by atoms with van der Waals surface area (Å²) in [5, 5.41) is 2.93. The van der Waals surface area contributed by atoms with Crippen LogP contribution in [0.15, 0.2) is 11.6 Å². The van der Waals surface area contributed by atoms with Gasteiger partial charge < -0.3 is 14.8 Å². The molecule has 1 N–H and O–H groups in total. The van der Waals surface area contributed by atoms with E-state index in [2.05, 4.69) is 18.3 Å². The minimum Gasteiger partial charge on any atom is -0.450 e. The van der Waals surface area contributed by atoms with E-state index < -0.39 is 0 Å². The van der Waals surface area contributed by atoms with Gasteiger partial charge in [-0.2, -0.15) is 0 Å². The van der Waals surface area contributed by atoms with Crippen molar-refractivity contribution in [2.24, 2.45) is 5.92 Å². The maximum Gasteiger partial charge on any atom is 0.407 e. The first-order valence-electron chi connectivity index (χ1n) is 6.29. The molecular weight excluding hydrogens is 218 g/mol. The number of ether oxygens (including phenoxy) is 2. The summed E-state index contributed by atoms with van der Waals surface area (Å²) in [7, 11) is 1.72. The highest BCUT2D eigenvalue weighted by Crippen LogP contribution is 2.45. The third-order valence-corrected chi connectivity index (χ3v) is 4.06. The molecule has 3 aliphatic rings. The van der Waals surface area contributed by atoms with E-state index in [4.69, 9.17) is 9.47 Å². The second-order valence-corrected chi connectivity index (χ2v) is 4.94. The fraction of sp³-hybridized carbons (Fsp3) is 0.769. The number of fused-ring (bicyclic) bond motifs is 2. The monoisotopic (exact) mass is 239 g/mol. The standard InChI is InChI=1S/C13H21NO3/c1-4-17-12(15)14-11-7-10-5-6-13(11,16-3)8-9(10)2/h8,10-11H,4-7H2,1-3H3,(H,14,15)/t10-,11-,13+/m1/s1. The maximum atomic E-state index is 11.5. The number of hydrogen-bond acceptors (Lipinski definition) is 3. The van der Waals surface area contributed by atoms with Crippen molar-refractivity contribution in [1.82, 2.24) is 5.32 Å². The molecule has 0 aromatic rings. The zero-order chi connectivity index (χ0) is 12.5. The molecular formula is C13H21NO3. The Balaban J connectivity index is 2.12. The van der Waals surface area contributed by atoms with Crippen molar-refractivity contribution >= 4 is 6.09 Å². The molecule has 1 amide bonds. The summed E-state index contributed by atoms with van der Waals surface area (Å²) < 4.78 is 10.6. The summed E-state index contributed by atoms with van der Waals surface area (Å²) in [6.07, 6.45) is 4.92. The number of amides is 1. The minimum atomic E-state index is -0.340. The Morgan fingerprint density at radius 2 is 2.41 bits per heavy atom. The molecule has 96 valence electrons. The van der Waals surface area contributed by atoms with Gasteiger partial charge in [0.25, 0.3) is 0 Å². The summed E-state index contributed by atoms with van der Waals surface area (Å²) in [6.45, 7) is 4.36. The minimum absolute atomic E-state index is 0.0361. The van der Waals surface area contributed by atoms with Crippen molar-refractivity contribution in [3.63, 3.8) is 0 Å². The first-order chi connectivity index (χ1) is 8.11. The average molecular weight is 239 g/mol. The van der Waals surface area contributed by atoms with E-state index >= 15 is 0 Å². The van der Waals surface area contributed by atoms with Gasteiger partial charge in [-0.3, -0.25) is 0 Å². The Morgan fingerprint density at radius 3 is 3.00 bits per heavy atom. The lowest BCUT2D eigenvalue weighted by atomic mass is 9.66. The van der Waals surface area contributed by atoms with Gasteiger partial charge >= 0.3 is 6.09 Å². The smallest absolute Gasteiger partial charge is 0.407 e. The van der Waals surface area contributed by atoms with Gasteiger partial charge in [0.05, 0.1) is 12.6 Å². The molecule has 0 aromatic carbocycles. The van der Waals surface area contributed by atoms with Crippen molar-refractivity contribution in [3.8, 4) is 0 Å². The second kappa shape index (κ2) is 4.69. The van der Waals surface area contributed by atoms with Gasteiger partial charge in [0, 0.05) is 7.11 Å². The molecule has 0 unspecified atom stereocenters. The first-order valence-corrected chi connectivity index (χ1v) is 6.29. The van der Waals surface area contributed by atoms with Gasteiger partial charge in [-0.15, -0.1) is 0 Å². The summed E-state index contributed by atoms with van der Waals surface area (Å²) in [4.78, 5) is 11.5. The first kappa shape index (κ1) is 12.4. The van der Waals surface area contributed by atoms with Crippen LogP contribution >= 0.6 is 0 Å². The van der Waals surface area contributed by atoms with E-state index in [0.29, 0.717) is 12.5 Å². The number of allylic oxidation sites excluding steroid dienone is 1. The van der Waals surface area contributed by atoms with Crippen LogP contribution in [0.4, 0.5) is 4.79 Å². The normalized spacial score (nSPS) is 35.4. The Labute approximate surface area is 102 Å². The number of carbonyl (C=O) groups is 1. The lowest BCUT2D eigenvalue weighted by Crippen LogP contribution is -2.58. The molecule has 17 heavy (non-hydrogen) atoms. The van der Waals surface area contributed by atoms with Crippen LogP contribution in [-0.4, -0.2) is 31.5 Å². The van der Waals surface area contributed by atoms with Crippen molar-refractivity contribution in [2.45, 2.75) is 44.8 Å². The SMILES string of the molecule is CCOC(=O)N[C@@H]1C[C@H]2CC[C@]1(OC)C=C2C. The molecule has 3 atom stereocenters. The van der Waals surface area contributed by atoms with E-state index in [1.54, 1.807) is 7.11 Å². The summed E-state index contributed by atoms with van der Waals surface area (Å²) in [5.74, 6) is 0.582. The number of carbonyl (C=O) groups excluding carboxylic acids is 1. The van der Waals surface area contributed by atoms with Crippen molar-refractivity contribution in [1.29, 1.82) is 0 Å². The maximum absolute atomic E-state index is 11.5. The summed E-state index contributed by atoms with van der Waals surface area (Å²) >= 11 is 0. The third-order valence-electron chi connectivity index (χ3n) is 4.06. The highest BCUT2D eigenvalue weighted by atomic mass is 16.5. The van der Waals surface area contributed by atoms with Crippen LogP contribution in [-0.2, 0) is 9.47 Å². The Kier molecular flexibility index (Phi) is 3.43. The Morgan fingerprint density at radius 1 is 1.65 bits per heavy atom. The predicted molar refractivity (Wildman–Crippen MR) is 64.8 cm³/mol. The van der Waals surface area contributed by atoms with Crippen molar-refractivity contribution in [3.05, 3.63) is 11.6 Å². The zero-order valence-corrected chi connectivity index (χ0v) is 10.8. The van der Waals surface area contributed by atoms with Crippen LogP contribution in [0.3, 0.4) is 0 Å². The molecule has 0 aromatic heterocycles. The molecule has 3 rings (SSSR count). The van der Waals surface area contributed by atoms with Crippen LogP contribution < -0.4 is 5.32 Å². The van der Waals surface area contributed by atoms with Crippen molar-refractivity contribution < 1.29 is 14.3 Å². The van der Waals surface area contributed by atoms with Gasteiger partial charge in [-0.25, -0.2) is 4.79 Å². The fourth-order valence-corrected chi connectivity index (χ4v) is 3.06. The van der Waals surface area contributed by atoms with Gasteiger partial charge in [0.15, 0.2) is 0 Å². The molecule has 1 fully saturated rings. The third kappa shape index (κ3) is 2.18. The highest BCUT2D eigenvalue weighted by molar-refractivity contribution is 5.68. The second-order valence-electron chi connectivity index (χ2n) is 4.94. The molecule has 0 saturated heterocycles. The lowest BCUT2D eigenvalue weighted by Gasteiger charge is -2.49. The zero-order valence-electron chi connectivity index (χ0n) is 10.8. The molecule has 0 spiro atoms. The predicted octanol–water partition coefficient (Wildman–Crippen LogP) is 2.25. The number of nitrogens with one attached hydrogen (secondary N) is 1. The van der Waals surface area contributed by atoms with Crippen LogP contribution in [0.5, 0.6) is 0 Å². The summed E-state index contributed by atoms with van der Waals surface area (Å²) in [6, 6.07) is 0.0361. The topological polar surface area (TPSA) is 47.6 Å². The molecule has 4 heteroatoms. The van der Waals surface area contributed by atoms with Gasteiger partial charge in [-0.1, -0.05) is 11.6 Å². The fourth-order valence-electron chi connectivity index (χ4n) is 3.06. The van der Waals surface area contributed by atoms with Gasteiger partial charge in [0.1, 0.15) is 5.60 Å². The van der Waals surface area contributed by atoms with Crippen LogP contribution in [0.1, 0.15) is 33.1 Å². The van der Waals surface area contributed by atoms with E-state index in [9.17, 15) is 4.79 Å². The van der Waals surface area contributed by atoms with Gasteiger partial charge in [0.2, 0.25) is 0 Å². The van der Waals surface area contributed by atoms with E-state index in [1.807, 2.05) is 6.92 Å². The largest absolute Gasteiger partial charge is 0.450 e. The highest BCUT2D eigenvalue weighted by Gasteiger charge is 2.47. The van der Waals surface area contributed by atoms with E-state index in [0.717, 1.165) is 19.3 Å². The lowest BCUT2D eigenvalue weighted by molar-refractivity contribution is -0.0435.